The highest BCUT2D eigenvalue weighted by molar-refractivity contribution is 7.89. The lowest BCUT2D eigenvalue weighted by atomic mass is 9.94. The summed E-state index contributed by atoms with van der Waals surface area (Å²) >= 11 is 0. The molecule has 6 nitrogen and oxygen atoms in total. The first-order valence-electron chi connectivity index (χ1n) is 6.81. The van der Waals surface area contributed by atoms with Gasteiger partial charge in [-0.15, -0.1) is 0 Å². The van der Waals surface area contributed by atoms with Gasteiger partial charge < -0.3 is 9.47 Å². The number of nitrogens with two attached hydrogens (primary N) is 1. The third-order valence-corrected chi connectivity index (χ3v) is 4.89. The van der Waals surface area contributed by atoms with E-state index in [4.69, 9.17) is 5.14 Å². The largest absolute Gasteiger partial charge is 0.345 e. The summed E-state index contributed by atoms with van der Waals surface area (Å²) in [4.78, 5) is 14.2. The van der Waals surface area contributed by atoms with Gasteiger partial charge in [0.05, 0.1) is 0 Å². The molecule has 0 spiro atoms. The lowest BCUT2D eigenvalue weighted by Gasteiger charge is -2.31. The fourth-order valence-corrected chi connectivity index (χ4v) is 3.19. The maximum atomic E-state index is 12.4. The van der Waals surface area contributed by atoms with Crippen LogP contribution in [0.5, 0.6) is 0 Å². The average Bonchev–Trinajstić information content (AvgIpc) is 2.80. The molecule has 0 atom stereocenters. The van der Waals surface area contributed by atoms with Gasteiger partial charge in [-0.2, -0.15) is 0 Å². The molecular formula is C13H21N3O3S. The van der Waals surface area contributed by atoms with E-state index in [1.165, 1.54) is 16.8 Å². The number of rotatable bonds is 3. The Labute approximate surface area is 119 Å². The van der Waals surface area contributed by atoms with Crippen molar-refractivity contribution < 1.29 is 13.2 Å². The van der Waals surface area contributed by atoms with Crippen LogP contribution in [0.25, 0.3) is 0 Å². The predicted octanol–water partition coefficient (Wildman–Crippen LogP) is 0.935. The summed E-state index contributed by atoms with van der Waals surface area (Å²) in [5.74, 6) is 0.560. The molecule has 1 saturated heterocycles. The molecule has 0 unspecified atom stereocenters. The second-order valence-electron chi connectivity index (χ2n) is 5.36. The molecule has 1 aromatic rings. The first-order valence-corrected chi connectivity index (χ1v) is 8.36. The number of sulfonamides is 1. The number of carbonyl (C=O) groups excluding carboxylic acids is 1. The van der Waals surface area contributed by atoms with Crippen LogP contribution in [0.1, 0.15) is 36.7 Å². The van der Waals surface area contributed by atoms with Gasteiger partial charge in [0.1, 0.15) is 10.6 Å². The number of hydrogen-bond acceptors (Lipinski definition) is 3. The number of primary sulfonamides is 1. The fraction of sp³-hybridized carbons (Fsp3) is 0.615. The van der Waals surface area contributed by atoms with Crippen molar-refractivity contribution in [3.63, 3.8) is 0 Å². The molecule has 1 fully saturated rings. The second-order valence-corrected chi connectivity index (χ2v) is 6.92. The van der Waals surface area contributed by atoms with E-state index in [9.17, 15) is 13.2 Å². The molecule has 2 N–H and O–H groups in total. The van der Waals surface area contributed by atoms with Gasteiger partial charge >= 0.3 is 0 Å². The Morgan fingerprint density at radius 1 is 1.40 bits per heavy atom. The van der Waals surface area contributed by atoms with E-state index >= 15 is 0 Å². The van der Waals surface area contributed by atoms with Crippen LogP contribution in [-0.2, 0) is 17.1 Å². The van der Waals surface area contributed by atoms with Crippen molar-refractivity contribution in [1.29, 1.82) is 0 Å². The Hall–Kier alpha value is -1.34. The summed E-state index contributed by atoms with van der Waals surface area (Å²) in [6.45, 7) is 3.62. The van der Waals surface area contributed by atoms with Crippen molar-refractivity contribution in [2.24, 2.45) is 18.1 Å². The topological polar surface area (TPSA) is 85.4 Å². The van der Waals surface area contributed by atoms with Gasteiger partial charge in [0.15, 0.2) is 0 Å². The lowest BCUT2D eigenvalue weighted by Crippen LogP contribution is -2.39. The van der Waals surface area contributed by atoms with Gasteiger partial charge in [-0.1, -0.05) is 13.3 Å². The van der Waals surface area contributed by atoms with Crippen molar-refractivity contribution in [1.82, 2.24) is 9.47 Å². The Bertz CT molecular complexity index is 598. The van der Waals surface area contributed by atoms with Gasteiger partial charge in [-0.3, -0.25) is 4.79 Å². The molecule has 0 saturated carbocycles. The zero-order chi connectivity index (χ0) is 14.9. The van der Waals surface area contributed by atoms with Crippen LogP contribution in [0, 0.1) is 5.92 Å². The van der Waals surface area contributed by atoms with Gasteiger partial charge in [-0.05, 0) is 24.8 Å². The van der Waals surface area contributed by atoms with Crippen molar-refractivity contribution >= 4 is 15.9 Å². The van der Waals surface area contributed by atoms with E-state index in [1.807, 2.05) is 0 Å². The molecule has 2 heterocycles. The van der Waals surface area contributed by atoms with Crippen molar-refractivity contribution in [3.8, 4) is 0 Å². The number of hydrogen-bond donors (Lipinski definition) is 1. The summed E-state index contributed by atoms with van der Waals surface area (Å²) in [7, 11) is -2.12. The SMILES string of the molecule is CCC1CCN(C(=O)c2cc(S(N)(=O)=O)cn2C)CC1. The van der Waals surface area contributed by atoms with Gasteiger partial charge in [0.2, 0.25) is 10.0 Å². The molecule has 0 aromatic carbocycles. The molecule has 0 bridgehead atoms. The van der Waals surface area contributed by atoms with Crippen LogP contribution in [0.3, 0.4) is 0 Å². The molecule has 2 rings (SSSR count). The first-order chi connectivity index (χ1) is 9.32. The van der Waals surface area contributed by atoms with E-state index < -0.39 is 10.0 Å². The molecule has 112 valence electrons. The predicted molar refractivity (Wildman–Crippen MR) is 75.7 cm³/mol. The molecule has 1 amide bonds. The zero-order valence-electron chi connectivity index (χ0n) is 11.9. The first kappa shape index (κ1) is 15.1. The molecule has 20 heavy (non-hydrogen) atoms. The number of piperidine rings is 1. The maximum Gasteiger partial charge on any atom is 0.270 e. The van der Waals surface area contributed by atoms with Crippen LogP contribution in [-0.4, -0.2) is 36.9 Å². The second kappa shape index (κ2) is 5.57. The monoisotopic (exact) mass is 299 g/mol. The van der Waals surface area contributed by atoms with E-state index in [1.54, 1.807) is 11.9 Å². The number of likely N-dealkylation sites (tertiary alicyclic amines) is 1. The van der Waals surface area contributed by atoms with Crippen LogP contribution in [0.2, 0.25) is 0 Å². The van der Waals surface area contributed by atoms with Gasteiger partial charge in [-0.25, -0.2) is 13.6 Å². The number of aromatic nitrogens is 1. The third-order valence-electron chi connectivity index (χ3n) is 4.01. The molecule has 7 heteroatoms. The average molecular weight is 299 g/mol. The van der Waals surface area contributed by atoms with E-state index in [2.05, 4.69) is 6.92 Å². The summed E-state index contributed by atoms with van der Waals surface area (Å²) in [6.07, 6.45) is 4.53. The Morgan fingerprint density at radius 2 is 2.00 bits per heavy atom. The van der Waals surface area contributed by atoms with Crippen LogP contribution < -0.4 is 5.14 Å². The number of aryl methyl sites for hydroxylation is 1. The molecule has 1 aliphatic heterocycles. The molecule has 0 radical (unpaired) electrons. The smallest absolute Gasteiger partial charge is 0.270 e. The zero-order valence-corrected chi connectivity index (χ0v) is 12.7. The van der Waals surface area contributed by atoms with E-state index in [0.717, 1.165) is 32.4 Å². The highest BCUT2D eigenvalue weighted by Gasteiger charge is 2.25. The molecule has 0 aliphatic carbocycles. The minimum absolute atomic E-state index is 0.0215. The van der Waals surface area contributed by atoms with Crippen molar-refractivity contribution in [3.05, 3.63) is 18.0 Å². The number of amides is 1. The van der Waals surface area contributed by atoms with Crippen LogP contribution in [0.4, 0.5) is 0 Å². The van der Waals surface area contributed by atoms with Crippen molar-refractivity contribution in [2.45, 2.75) is 31.1 Å². The number of nitrogens with zero attached hydrogens (tertiary/aromatic N) is 2. The molecule has 1 aliphatic rings. The fourth-order valence-electron chi connectivity index (χ4n) is 2.61. The minimum atomic E-state index is -3.77. The van der Waals surface area contributed by atoms with Crippen LogP contribution in [0.15, 0.2) is 17.2 Å². The standard InChI is InChI=1S/C13H21N3O3S/c1-3-10-4-6-16(7-5-10)13(17)12-8-11(9-15(12)2)20(14,18)19/h8-10H,3-7H2,1-2H3,(H2,14,18,19). The Balaban J connectivity index is 2.16. The highest BCUT2D eigenvalue weighted by atomic mass is 32.2. The minimum Gasteiger partial charge on any atom is -0.345 e. The van der Waals surface area contributed by atoms with Gasteiger partial charge in [0, 0.05) is 26.3 Å². The third kappa shape index (κ3) is 3.04. The Kier molecular flexibility index (Phi) is 4.19. The summed E-state index contributed by atoms with van der Waals surface area (Å²) in [5.41, 5.74) is 0.365. The number of carbonyl (C=O) groups is 1. The summed E-state index contributed by atoms with van der Waals surface area (Å²) in [6, 6.07) is 1.35. The highest BCUT2D eigenvalue weighted by Crippen LogP contribution is 2.22. The van der Waals surface area contributed by atoms with E-state index in [-0.39, 0.29) is 10.8 Å². The molecule has 1 aromatic heterocycles. The molecular weight excluding hydrogens is 278 g/mol. The van der Waals surface area contributed by atoms with Gasteiger partial charge in [0.25, 0.3) is 5.91 Å². The lowest BCUT2D eigenvalue weighted by molar-refractivity contribution is 0.0679. The maximum absolute atomic E-state index is 12.4. The normalized spacial score (nSPS) is 17.4. The van der Waals surface area contributed by atoms with E-state index in [0.29, 0.717) is 11.6 Å². The summed E-state index contributed by atoms with van der Waals surface area (Å²) < 4.78 is 24.2. The van der Waals surface area contributed by atoms with Crippen molar-refractivity contribution in [2.75, 3.05) is 13.1 Å². The summed E-state index contributed by atoms with van der Waals surface area (Å²) in [5, 5.41) is 5.09. The quantitative estimate of drug-likeness (QED) is 0.901. The van der Waals surface area contributed by atoms with Crippen LogP contribution >= 0.6 is 0 Å². The Morgan fingerprint density at radius 3 is 2.45 bits per heavy atom.